The highest BCUT2D eigenvalue weighted by atomic mass is 35.5. The van der Waals surface area contributed by atoms with Crippen LogP contribution in [0.4, 0.5) is 11.4 Å². The van der Waals surface area contributed by atoms with Crippen LogP contribution in [0.25, 0.3) is 21.5 Å². The minimum atomic E-state index is -4.70. The van der Waals surface area contributed by atoms with Crippen LogP contribution in [0.3, 0.4) is 0 Å². The van der Waals surface area contributed by atoms with Crippen LogP contribution < -0.4 is 10.2 Å². The van der Waals surface area contributed by atoms with E-state index in [0.29, 0.717) is 20.7 Å². The Balaban J connectivity index is 1.32. The molecule has 2 aliphatic rings. The Kier molecular flexibility index (Phi) is 13.3. The first-order valence-electron chi connectivity index (χ1n) is 18.5. The lowest BCUT2D eigenvalue weighted by Gasteiger charge is -2.27. The van der Waals surface area contributed by atoms with E-state index in [1.165, 1.54) is 12.1 Å². The van der Waals surface area contributed by atoms with E-state index in [2.05, 4.69) is 9.37 Å². The van der Waals surface area contributed by atoms with Gasteiger partial charge in [0.2, 0.25) is 5.69 Å². The molecule has 6 rings (SSSR count). The van der Waals surface area contributed by atoms with Crippen LogP contribution in [0.5, 0.6) is 0 Å². The zero-order valence-corrected chi connectivity index (χ0v) is 36.8. The summed E-state index contributed by atoms with van der Waals surface area (Å²) in [5, 5.41) is 17.2. The highest BCUT2D eigenvalue weighted by Crippen LogP contribution is 2.51. The summed E-state index contributed by atoms with van der Waals surface area (Å²) >= 11 is 7.49. The third kappa shape index (κ3) is 9.90. The van der Waals surface area contributed by atoms with E-state index in [-0.39, 0.29) is 30.8 Å². The molecule has 0 saturated heterocycles. The molecule has 320 valence electrons. The molecule has 0 atom stereocenters. The van der Waals surface area contributed by atoms with Crippen molar-refractivity contribution in [3.63, 3.8) is 0 Å². The fourth-order valence-corrected chi connectivity index (χ4v) is 10.2. The lowest BCUT2D eigenvalue weighted by Crippen LogP contribution is -2.28. The summed E-state index contributed by atoms with van der Waals surface area (Å²) in [7, 11) is -13.6. The Bertz CT molecular complexity index is 2870. The van der Waals surface area contributed by atoms with Crippen molar-refractivity contribution in [3.8, 4) is 0 Å². The number of halogens is 1. The summed E-state index contributed by atoms with van der Waals surface area (Å²) in [6, 6.07) is 17.0. The van der Waals surface area contributed by atoms with Crippen molar-refractivity contribution in [2.45, 2.75) is 61.2 Å². The molecule has 14 nitrogen and oxygen atoms in total. The lowest BCUT2D eigenvalue weighted by molar-refractivity contribution is -0.777. The summed E-state index contributed by atoms with van der Waals surface area (Å²) in [5.74, 6) is -1.10. The number of hydrogen-bond donors (Lipinski definition) is 0. The second kappa shape index (κ2) is 17.5. The molecular formula is C41H40ClN2O12S4-3. The van der Waals surface area contributed by atoms with Gasteiger partial charge in [-0.25, -0.2) is 25.3 Å². The molecule has 0 aromatic heterocycles. The minimum Gasteiger partial charge on any atom is -0.748 e. The molecule has 0 bridgehead atoms. The Hall–Kier alpha value is -3.92. The predicted octanol–water partition coefficient (Wildman–Crippen LogP) is 6.29. The number of allylic oxidation sites excluding steroid dienone is 8. The average Bonchev–Trinajstić information content (AvgIpc) is 3.50. The molecule has 0 radical (unpaired) electrons. The van der Waals surface area contributed by atoms with Gasteiger partial charge in [-0.05, 0) is 102 Å². The standard InChI is InChI=1S/C41H43ClN2O12S4/c1-40(2)36(43(21-7-23-58(46,47)48)34-19-13-27-25-30(57-56-55-45)15-17-32(27)38(34)40)11-5-9-29(42)10-6-12-37-41(3,4)39-33-18-16-31(60(52,53)54)26-28(33)14-20-35(39)44(37)22-8-24-59(49,50)51/h5-6,9-20,25-26H,7-8,21-24H2,1-4H3,(H3-,45,46,47,48,49,50,51,52,53,54)/p-3. The number of anilines is 1. The van der Waals surface area contributed by atoms with Crippen molar-refractivity contribution in [2.75, 3.05) is 29.5 Å². The molecular weight excluding hydrogens is 876 g/mol. The molecule has 19 heteroatoms. The van der Waals surface area contributed by atoms with Gasteiger partial charge in [-0.2, -0.15) is 8.91 Å². The topological polar surface area (TPSA) is 219 Å². The third-order valence-corrected chi connectivity index (χ3v) is 13.9. The third-order valence-electron chi connectivity index (χ3n) is 10.7. The number of hydrogen-bond acceptors (Lipinski definition) is 14. The van der Waals surface area contributed by atoms with E-state index >= 15 is 0 Å². The van der Waals surface area contributed by atoms with Crippen molar-refractivity contribution in [1.29, 1.82) is 0 Å². The predicted molar refractivity (Wildman–Crippen MR) is 226 cm³/mol. The first-order valence-corrected chi connectivity index (χ1v) is 24.2. The summed E-state index contributed by atoms with van der Waals surface area (Å²) in [4.78, 5) is 2.28. The maximum Gasteiger partial charge on any atom is 0.210 e. The SMILES string of the molecule is CC1(C)C(=CC=CC(Cl)=CC=CC2=[N+](CCCS(=O)(=O)[O-])c3ccc4cc(S(=O)(=O)[O-])ccc4c3C2(C)C)N(CCCS(=O)(=O)[O-])c2ccc3cc(SOO[O-])ccc3c21. The molecule has 4 aromatic carbocycles. The average molecular weight is 916 g/mol. The van der Waals surface area contributed by atoms with E-state index in [0.717, 1.165) is 56.7 Å². The largest absolute Gasteiger partial charge is 0.748 e. The molecule has 0 N–H and O–H groups in total. The number of nitrogens with zero attached hydrogens (tertiary/aromatic N) is 2. The summed E-state index contributed by atoms with van der Waals surface area (Å²) < 4.78 is 111. The van der Waals surface area contributed by atoms with E-state index in [1.807, 2.05) is 73.6 Å². The highest BCUT2D eigenvalue weighted by molar-refractivity contribution is 7.94. The van der Waals surface area contributed by atoms with Gasteiger partial charge in [-0.3, -0.25) is 5.04 Å². The molecule has 60 heavy (non-hydrogen) atoms. The number of benzene rings is 4. The summed E-state index contributed by atoms with van der Waals surface area (Å²) in [5.41, 5.74) is 3.67. The molecule has 4 aromatic rings. The van der Waals surface area contributed by atoms with E-state index in [4.69, 9.17) is 11.6 Å². The van der Waals surface area contributed by atoms with Crippen molar-refractivity contribution < 1.29 is 58.1 Å². The maximum atomic E-state index is 11.8. The van der Waals surface area contributed by atoms with E-state index in [9.17, 15) is 44.2 Å². The fourth-order valence-electron chi connectivity index (χ4n) is 8.20. The zero-order valence-electron chi connectivity index (χ0n) is 32.8. The Labute approximate surface area is 358 Å². The maximum absolute atomic E-state index is 11.8. The van der Waals surface area contributed by atoms with Gasteiger partial charge in [0.25, 0.3) is 0 Å². The quantitative estimate of drug-likeness (QED) is 0.0301. The molecule has 0 unspecified atom stereocenters. The first kappa shape index (κ1) is 45.6. The van der Waals surface area contributed by atoms with Crippen molar-refractivity contribution in [2.24, 2.45) is 0 Å². The second-order valence-electron chi connectivity index (χ2n) is 15.3. The Morgan fingerprint density at radius 1 is 0.817 bits per heavy atom. The van der Waals surface area contributed by atoms with Gasteiger partial charge >= 0.3 is 0 Å². The van der Waals surface area contributed by atoms with Crippen LogP contribution in [0.1, 0.15) is 51.7 Å². The Morgan fingerprint density at radius 3 is 2.15 bits per heavy atom. The van der Waals surface area contributed by atoms with Crippen LogP contribution in [-0.2, 0) is 50.6 Å². The summed E-state index contributed by atoms with van der Waals surface area (Å²) in [6.45, 7) is 8.44. The molecule has 2 aliphatic heterocycles. The van der Waals surface area contributed by atoms with Gasteiger partial charge < -0.3 is 23.8 Å². The number of fused-ring (bicyclic) bond motifs is 6. The van der Waals surface area contributed by atoms with Crippen LogP contribution in [-0.4, -0.2) is 73.8 Å². The van der Waals surface area contributed by atoms with Gasteiger partial charge in [0, 0.05) is 68.9 Å². The van der Waals surface area contributed by atoms with Crippen LogP contribution in [0.2, 0.25) is 0 Å². The van der Waals surface area contributed by atoms with Crippen molar-refractivity contribution >= 4 is 92.6 Å². The molecule has 0 amide bonds. The van der Waals surface area contributed by atoms with E-state index in [1.54, 1.807) is 48.6 Å². The fraction of sp³-hybridized carbons (Fsp3) is 0.293. The zero-order chi connectivity index (χ0) is 43.8. The molecule has 0 aliphatic carbocycles. The van der Waals surface area contributed by atoms with Crippen LogP contribution in [0.15, 0.2) is 118 Å². The highest BCUT2D eigenvalue weighted by Gasteiger charge is 2.45. The first-order chi connectivity index (χ1) is 28.0. The Morgan fingerprint density at radius 2 is 1.47 bits per heavy atom. The van der Waals surface area contributed by atoms with Gasteiger partial charge in [0.05, 0.1) is 42.6 Å². The van der Waals surface area contributed by atoms with E-state index < -0.39 is 52.7 Å². The molecule has 0 spiro atoms. The van der Waals surface area contributed by atoms with Crippen LogP contribution in [0, 0.1) is 0 Å². The van der Waals surface area contributed by atoms with Crippen molar-refractivity contribution in [3.05, 3.63) is 119 Å². The molecule has 0 saturated carbocycles. The van der Waals surface area contributed by atoms with Crippen molar-refractivity contribution in [1.82, 2.24) is 0 Å². The molecule has 0 fully saturated rings. The van der Waals surface area contributed by atoms with Gasteiger partial charge in [-0.1, -0.05) is 55.8 Å². The van der Waals surface area contributed by atoms with Gasteiger partial charge in [0.1, 0.15) is 16.7 Å². The lowest BCUT2D eigenvalue weighted by atomic mass is 9.79. The smallest absolute Gasteiger partial charge is 0.210 e. The van der Waals surface area contributed by atoms with Gasteiger partial charge in [-0.15, -0.1) is 0 Å². The monoisotopic (exact) mass is 915 g/mol. The van der Waals surface area contributed by atoms with Crippen LogP contribution >= 0.6 is 23.6 Å². The second-order valence-corrected chi connectivity index (χ2v) is 21.0. The minimum absolute atomic E-state index is 0.0465. The normalized spacial score (nSPS) is 17.6. The van der Waals surface area contributed by atoms with Gasteiger partial charge in [0.15, 0.2) is 5.71 Å². The molecule has 2 heterocycles. The summed E-state index contributed by atoms with van der Waals surface area (Å²) in [6.07, 6.45) is 10.7. The number of rotatable bonds is 16.